The summed E-state index contributed by atoms with van der Waals surface area (Å²) in [5.74, 6) is 2.90. The summed E-state index contributed by atoms with van der Waals surface area (Å²) in [6, 6.07) is 0. The van der Waals surface area contributed by atoms with Crippen molar-refractivity contribution in [3.8, 4) is 0 Å². The summed E-state index contributed by atoms with van der Waals surface area (Å²) in [7, 11) is 0. The fourth-order valence-electron chi connectivity index (χ4n) is 3.39. The Kier molecular flexibility index (Phi) is 8.01. The molecule has 0 aromatic heterocycles. The molecule has 19 heavy (non-hydrogen) atoms. The molecule has 0 amide bonds. The van der Waals surface area contributed by atoms with Gasteiger partial charge in [0.15, 0.2) is 0 Å². The molecule has 114 valence electrons. The molecule has 1 aliphatic carbocycles. The SMILES string of the molecule is CC.CCC1CC(CN2CCN(CC(C)C)CC2)C1. The maximum absolute atomic E-state index is 2.70. The van der Waals surface area contributed by atoms with Gasteiger partial charge in [-0.1, -0.05) is 41.0 Å². The van der Waals surface area contributed by atoms with Crippen molar-refractivity contribution in [1.29, 1.82) is 0 Å². The summed E-state index contributed by atoms with van der Waals surface area (Å²) in [5, 5.41) is 0. The third-order valence-corrected chi connectivity index (χ3v) is 4.52. The molecular weight excluding hydrogens is 232 g/mol. The number of hydrogen-bond donors (Lipinski definition) is 0. The molecule has 0 bridgehead atoms. The molecule has 2 nitrogen and oxygen atoms in total. The van der Waals surface area contributed by atoms with E-state index in [0.29, 0.717) is 0 Å². The van der Waals surface area contributed by atoms with Crippen LogP contribution in [0.3, 0.4) is 0 Å². The first kappa shape index (κ1) is 17.0. The van der Waals surface area contributed by atoms with Gasteiger partial charge in [0.2, 0.25) is 0 Å². The lowest BCUT2D eigenvalue weighted by Gasteiger charge is -2.41. The molecule has 1 saturated heterocycles. The Morgan fingerprint density at radius 3 is 1.89 bits per heavy atom. The Balaban J connectivity index is 0.000000861. The van der Waals surface area contributed by atoms with Crippen LogP contribution in [0.5, 0.6) is 0 Å². The summed E-state index contributed by atoms with van der Waals surface area (Å²) in [6.07, 6.45) is 4.41. The highest BCUT2D eigenvalue weighted by atomic mass is 15.3. The second kappa shape index (κ2) is 8.97. The summed E-state index contributed by atoms with van der Waals surface area (Å²) >= 11 is 0. The van der Waals surface area contributed by atoms with E-state index in [4.69, 9.17) is 0 Å². The summed E-state index contributed by atoms with van der Waals surface area (Å²) < 4.78 is 0. The zero-order valence-corrected chi connectivity index (χ0v) is 14.0. The topological polar surface area (TPSA) is 6.48 Å². The number of hydrogen-bond acceptors (Lipinski definition) is 2. The normalized spacial score (nSPS) is 28.7. The average molecular weight is 268 g/mol. The van der Waals surface area contributed by atoms with Gasteiger partial charge in [-0.15, -0.1) is 0 Å². The first-order chi connectivity index (χ1) is 9.17. The van der Waals surface area contributed by atoms with E-state index in [1.807, 2.05) is 13.8 Å². The zero-order valence-electron chi connectivity index (χ0n) is 14.0. The predicted molar refractivity (Wildman–Crippen MR) is 85.6 cm³/mol. The van der Waals surface area contributed by atoms with Gasteiger partial charge in [-0.05, 0) is 30.6 Å². The van der Waals surface area contributed by atoms with Gasteiger partial charge in [0.1, 0.15) is 0 Å². The Labute approximate surface area is 121 Å². The van der Waals surface area contributed by atoms with Crippen molar-refractivity contribution in [1.82, 2.24) is 9.80 Å². The quantitative estimate of drug-likeness (QED) is 0.750. The lowest BCUT2D eigenvalue weighted by molar-refractivity contribution is 0.0737. The maximum atomic E-state index is 2.70. The molecule has 0 aromatic carbocycles. The molecule has 2 aliphatic rings. The van der Waals surface area contributed by atoms with Crippen LogP contribution in [0.4, 0.5) is 0 Å². The van der Waals surface area contributed by atoms with E-state index < -0.39 is 0 Å². The van der Waals surface area contributed by atoms with Gasteiger partial charge in [-0.2, -0.15) is 0 Å². The molecule has 1 heterocycles. The average Bonchev–Trinajstić information content (AvgIpc) is 2.37. The smallest absolute Gasteiger partial charge is 0.0110 e. The van der Waals surface area contributed by atoms with Crippen LogP contribution in [0.25, 0.3) is 0 Å². The summed E-state index contributed by atoms with van der Waals surface area (Å²) in [4.78, 5) is 5.34. The van der Waals surface area contributed by atoms with Crippen LogP contribution >= 0.6 is 0 Å². The van der Waals surface area contributed by atoms with E-state index >= 15 is 0 Å². The third-order valence-electron chi connectivity index (χ3n) is 4.52. The predicted octanol–water partition coefficient (Wildman–Crippen LogP) is 3.72. The van der Waals surface area contributed by atoms with E-state index in [2.05, 4.69) is 30.6 Å². The second-order valence-corrected chi connectivity index (χ2v) is 6.61. The van der Waals surface area contributed by atoms with Crippen LogP contribution in [0.2, 0.25) is 0 Å². The second-order valence-electron chi connectivity index (χ2n) is 6.61. The standard InChI is InChI=1S/C15H30N2.C2H6/c1-4-14-9-15(10-14)12-17-7-5-16(6-8-17)11-13(2)3;1-2/h13-15H,4-12H2,1-3H3;1-2H3. The monoisotopic (exact) mass is 268 g/mol. The van der Waals surface area contributed by atoms with Crippen LogP contribution in [0, 0.1) is 17.8 Å². The highest BCUT2D eigenvalue weighted by molar-refractivity contribution is 4.83. The molecular formula is C17H36N2. The van der Waals surface area contributed by atoms with Crippen molar-refractivity contribution in [2.45, 2.75) is 53.9 Å². The molecule has 0 radical (unpaired) electrons. The first-order valence-corrected chi connectivity index (χ1v) is 8.62. The van der Waals surface area contributed by atoms with Crippen LogP contribution in [-0.4, -0.2) is 49.1 Å². The molecule has 2 heteroatoms. The van der Waals surface area contributed by atoms with Crippen molar-refractivity contribution < 1.29 is 0 Å². The van der Waals surface area contributed by atoms with Gasteiger partial charge < -0.3 is 9.80 Å². The fourth-order valence-corrected chi connectivity index (χ4v) is 3.39. The van der Waals surface area contributed by atoms with Crippen molar-refractivity contribution in [2.75, 3.05) is 39.3 Å². The number of piperazine rings is 1. The summed E-state index contributed by atoms with van der Waals surface area (Å²) in [5.41, 5.74) is 0. The Morgan fingerprint density at radius 1 is 0.895 bits per heavy atom. The molecule has 0 atom stereocenters. The highest BCUT2D eigenvalue weighted by Gasteiger charge is 2.29. The number of nitrogens with zero attached hydrogens (tertiary/aromatic N) is 2. The minimum Gasteiger partial charge on any atom is -0.301 e. The van der Waals surface area contributed by atoms with Crippen LogP contribution in [0.1, 0.15) is 53.9 Å². The van der Waals surface area contributed by atoms with Crippen LogP contribution in [0.15, 0.2) is 0 Å². The molecule has 1 aliphatic heterocycles. The minimum atomic E-state index is 0.818. The maximum Gasteiger partial charge on any atom is 0.0110 e. The van der Waals surface area contributed by atoms with Gasteiger partial charge in [0.25, 0.3) is 0 Å². The Hall–Kier alpha value is -0.0800. The van der Waals surface area contributed by atoms with E-state index in [0.717, 1.165) is 17.8 Å². The van der Waals surface area contributed by atoms with Crippen LogP contribution < -0.4 is 0 Å². The molecule has 1 saturated carbocycles. The molecule has 2 rings (SSSR count). The van der Waals surface area contributed by atoms with E-state index in [1.165, 1.54) is 58.5 Å². The zero-order chi connectivity index (χ0) is 14.3. The molecule has 0 aromatic rings. The van der Waals surface area contributed by atoms with Gasteiger partial charge in [-0.25, -0.2) is 0 Å². The summed E-state index contributed by atoms with van der Waals surface area (Å²) in [6.45, 7) is 18.9. The molecule has 0 spiro atoms. The fraction of sp³-hybridized carbons (Fsp3) is 1.00. The van der Waals surface area contributed by atoms with E-state index in [-0.39, 0.29) is 0 Å². The lowest BCUT2D eigenvalue weighted by Crippen LogP contribution is -2.49. The van der Waals surface area contributed by atoms with Crippen molar-refractivity contribution in [3.05, 3.63) is 0 Å². The molecule has 0 N–H and O–H groups in total. The third kappa shape index (κ3) is 5.83. The lowest BCUT2D eigenvalue weighted by atomic mass is 9.73. The van der Waals surface area contributed by atoms with E-state index in [1.54, 1.807) is 0 Å². The van der Waals surface area contributed by atoms with Crippen LogP contribution in [-0.2, 0) is 0 Å². The Morgan fingerprint density at radius 2 is 1.42 bits per heavy atom. The van der Waals surface area contributed by atoms with Gasteiger partial charge in [-0.3, -0.25) is 0 Å². The molecule has 2 fully saturated rings. The number of rotatable bonds is 5. The van der Waals surface area contributed by atoms with Crippen molar-refractivity contribution >= 4 is 0 Å². The Bertz CT molecular complexity index is 213. The minimum absolute atomic E-state index is 0.818. The van der Waals surface area contributed by atoms with Gasteiger partial charge >= 0.3 is 0 Å². The van der Waals surface area contributed by atoms with Crippen molar-refractivity contribution in [3.63, 3.8) is 0 Å². The van der Waals surface area contributed by atoms with Crippen molar-refractivity contribution in [2.24, 2.45) is 17.8 Å². The largest absolute Gasteiger partial charge is 0.301 e. The van der Waals surface area contributed by atoms with Gasteiger partial charge in [0.05, 0.1) is 0 Å². The highest BCUT2D eigenvalue weighted by Crippen LogP contribution is 2.36. The molecule has 0 unspecified atom stereocenters. The first-order valence-electron chi connectivity index (χ1n) is 8.62. The van der Waals surface area contributed by atoms with Gasteiger partial charge in [0, 0.05) is 39.3 Å². The van der Waals surface area contributed by atoms with E-state index in [9.17, 15) is 0 Å².